The van der Waals surface area contributed by atoms with Crippen molar-refractivity contribution >= 4 is 0 Å². The third-order valence-corrected chi connectivity index (χ3v) is 3.05. The van der Waals surface area contributed by atoms with Gasteiger partial charge in [0.15, 0.2) is 5.82 Å². The van der Waals surface area contributed by atoms with E-state index in [1.54, 1.807) is 6.92 Å². The Balaban J connectivity index is 2.33. The number of rotatable bonds is 1. The largest absolute Gasteiger partial charge is 0.340 e. The maximum atomic E-state index is 6.25. The van der Waals surface area contributed by atoms with Gasteiger partial charge in [0.2, 0.25) is 5.89 Å². The molecule has 1 saturated carbocycles. The zero-order valence-electron chi connectivity index (χ0n) is 8.08. The van der Waals surface area contributed by atoms with E-state index in [9.17, 15) is 0 Å². The molecule has 4 heteroatoms. The molecule has 2 atom stereocenters. The summed E-state index contributed by atoms with van der Waals surface area (Å²) in [5.41, 5.74) is 5.90. The highest BCUT2D eigenvalue weighted by atomic mass is 16.5. The lowest BCUT2D eigenvalue weighted by molar-refractivity contribution is 0.305. The number of hydrogen-bond donors (Lipinski definition) is 1. The maximum absolute atomic E-state index is 6.25. The van der Waals surface area contributed by atoms with Crippen LogP contribution in [0.15, 0.2) is 4.52 Å². The summed E-state index contributed by atoms with van der Waals surface area (Å²) in [6, 6.07) is 0. The molecule has 2 unspecified atom stereocenters. The predicted molar refractivity (Wildman–Crippen MR) is 47.9 cm³/mol. The van der Waals surface area contributed by atoms with Gasteiger partial charge < -0.3 is 10.3 Å². The molecule has 2 N–H and O–H groups in total. The quantitative estimate of drug-likeness (QED) is 0.710. The van der Waals surface area contributed by atoms with E-state index in [1.165, 1.54) is 0 Å². The molecule has 0 aliphatic heterocycles. The van der Waals surface area contributed by atoms with Gasteiger partial charge >= 0.3 is 0 Å². The van der Waals surface area contributed by atoms with Crippen molar-refractivity contribution in [3.63, 3.8) is 0 Å². The van der Waals surface area contributed by atoms with Gasteiger partial charge in [-0.2, -0.15) is 4.98 Å². The highest BCUT2D eigenvalue weighted by molar-refractivity contribution is 5.08. The molecule has 0 saturated heterocycles. The SMILES string of the molecule is Cc1nc(C2(N)CCCC2C)no1. The molecule has 1 aromatic rings. The molecule has 0 spiro atoms. The fraction of sp³-hybridized carbons (Fsp3) is 0.778. The Morgan fingerprint density at radius 3 is 2.85 bits per heavy atom. The summed E-state index contributed by atoms with van der Waals surface area (Å²) >= 11 is 0. The predicted octanol–water partition coefficient (Wildman–Crippen LogP) is 1.35. The summed E-state index contributed by atoms with van der Waals surface area (Å²) in [5.74, 6) is 1.72. The molecule has 1 aliphatic rings. The van der Waals surface area contributed by atoms with Gasteiger partial charge in [-0.15, -0.1) is 0 Å². The first-order valence-corrected chi connectivity index (χ1v) is 4.72. The van der Waals surface area contributed by atoms with E-state index < -0.39 is 0 Å². The monoisotopic (exact) mass is 181 g/mol. The Bertz CT molecular complexity index is 310. The molecule has 13 heavy (non-hydrogen) atoms. The van der Waals surface area contributed by atoms with Crippen LogP contribution in [0.3, 0.4) is 0 Å². The number of aromatic nitrogens is 2. The first-order valence-electron chi connectivity index (χ1n) is 4.72. The van der Waals surface area contributed by atoms with Crippen molar-refractivity contribution in [1.29, 1.82) is 0 Å². The second kappa shape index (κ2) is 2.80. The zero-order valence-corrected chi connectivity index (χ0v) is 8.08. The molecule has 1 aromatic heterocycles. The van der Waals surface area contributed by atoms with Crippen molar-refractivity contribution in [1.82, 2.24) is 10.1 Å². The molecular formula is C9H15N3O. The van der Waals surface area contributed by atoms with Crippen LogP contribution in [0.1, 0.15) is 37.9 Å². The standard InChI is InChI=1S/C9H15N3O/c1-6-4-3-5-9(6,10)8-11-7(2)13-12-8/h6H,3-5,10H2,1-2H3. The molecular weight excluding hydrogens is 166 g/mol. The van der Waals surface area contributed by atoms with Gasteiger partial charge in [0, 0.05) is 6.92 Å². The summed E-state index contributed by atoms with van der Waals surface area (Å²) < 4.78 is 4.95. The fourth-order valence-electron chi connectivity index (χ4n) is 2.03. The van der Waals surface area contributed by atoms with Crippen LogP contribution in [0.2, 0.25) is 0 Å². The lowest BCUT2D eigenvalue weighted by Gasteiger charge is -2.24. The summed E-state index contributed by atoms with van der Waals surface area (Å²) in [7, 11) is 0. The van der Waals surface area contributed by atoms with Gasteiger partial charge in [-0.3, -0.25) is 0 Å². The minimum atomic E-state index is -0.349. The first kappa shape index (κ1) is 8.69. The van der Waals surface area contributed by atoms with E-state index in [2.05, 4.69) is 17.1 Å². The van der Waals surface area contributed by atoms with Crippen molar-refractivity contribution in [3.05, 3.63) is 11.7 Å². The van der Waals surface area contributed by atoms with Crippen LogP contribution in [0.25, 0.3) is 0 Å². The molecule has 72 valence electrons. The summed E-state index contributed by atoms with van der Waals surface area (Å²) in [6.07, 6.45) is 3.28. The van der Waals surface area contributed by atoms with Crippen LogP contribution in [-0.4, -0.2) is 10.1 Å². The normalized spacial score (nSPS) is 33.9. The number of aryl methyl sites for hydroxylation is 1. The summed E-state index contributed by atoms with van der Waals surface area (Å²) in [5, 5.41) is 3.91. The van der Waals surface area contributed by atoms with Crippen LogP contribution in [-0.2, 0) is 5.54 Å². The van der Waals surface area contributed by atoms with Crippen molar-refractivity contribution in [2.75, 3.05) is 0 Å². The average molecular weight is 181 g/mol. The Morgan fingerprint density at radius 1 is 1.62 bits per heavy atom. The minimum Gasteiger partial charge on any atom is -0.340 e. The maximum Gasteiger partial charge on any atom is 0.223 e. The van der Waals surface area contributed by atoms with Crippen LogP contribution in [0.5, 0.6) is 0 Å². The molecule has 1 aliphatic carbocycles. The van der Waals surface area contributed by atoms with Gasteiger partial charge in [-0.05, 0) is 18.8 Å². The van der Waals surface area contributed by atoms with Crippen molar-refractivity contribution in [3.8, 4) is 0 Å². The van der Waals surface area contributed by atoms with Crippen LogP contribution in [0, 0.1) is 12.8 Å². The number of nitrogens with zero attached hydrogens (tertiary/aromatic N) is 2. The number of nitrogens with two attached hydrogens (primary N) is 1. The van der Waals surface area contributed by atoms with Gasteiger partial charge in [-0.1, -0.05) is 18.5 Å². The van der Waals surface area contributed by atoms with Crippen LogP contribution >= 0.6 is 0 Å². The van der Waals surface area contributed by atoms with E-state index in [-0.39, 0.29) is 5.54 Å². The Kier molecular flexibility index (Phi) is 1.87. The lowest BCUT2D eigenvalue weighted by atomic mass is 9.89. The first-order chi connectivity index (χ1) is 6.13. The average Bonchev–Trinajstić information content (AvgIpc) is 2.62. The highest BCUT2D eigenvalue weighted by Gasteiger charge is 2.41. The topological polar surface area (TPSA) is 64.9 Å². The summed E-state index contributed by atoms with van der Waals surface area (Å²) in [6.45, 7) is 3.94. The van der Waals surface area contributed by atoms with Gasteiger partial charge in [-0.25, -0.2) is 0 Å². The molecule has 2 rings (SSSR count). The Labute approximate surface area is 77.5 Å². The van der Waals surface area contributed by atoms with Gasteiger partial charge in [0.05, 0.1) is 5.54 Å². The molecule has 0 bridgehead atoms. The van der Waals surface area contributed by atoms with E-state index >= 15 is 0 Å². The third kappa shape index (κ3) is 1.25. The highest BCUT2D eigenvalue weighted by Crippen LogP contribution is 2.39. The molecule has 0 radical (unpaired) electrons. The Hall–Kier alpha value is -0.900. The second-order valence-corrected chi connectivity index (χ2v) is 3.97. The molecule has 4 nitrogen and oxygen atoms in total. The zero-order chi connectivity index (χ0) is 9.47. The van der Waals surface area contributed by atoms with Crippen LogP contribution in [0.4, 0.5) is 0 Å². The Morgan fingerprint density at radius 2 is 2.38 bits per heavy atom. The molecule has 1 heterocycles. The van der Waals surface area contributed by atoms with E-state index in [0.29, 0.717) is 17.6 Å². The van der Waals surface area contributed by atoms with E-state index in [0.717, 1.165) is 19.3 Å². The van der Waals surface area contributed by atoms with Gasteiger partial charge in [0.25, 0.3) is 0 Å². The van der Waals surface area contributed by atoms with E-state index in [4.69, 9.17) is 10.3 Å². The fourth-order valence-corrected chi connectivity index (χ4v) is 2.03. The van der Waals surface area contributed by atoms with Gasteiger partial charge in [0.1, 0.15) is 0 Å². The minimum absolute atomic E-state index is 0.349. The lowest BCUT2D eigenvalue weighted by Crippen LogP contribution is -2.40. The van der Waals surface area contributed by atoms with Crippen molar-refractivity contribution in [2.45, 2.75) is 38.6 Å². The van der Waals surface area contributed by atoms with Crippen molar-refractivity contribution < 1.29 is 4.52 Å². The third-order valence-electron chi connectivity index (χ3n) is 3.05. The van der Waals surface area contributed by atoms with E-state index in [1.807, 2.05) is 0 Å². The molecule has 1 fully saturated rings. The smallest absolute Gasteiger partial charge is 0.223 e. The van der Waals surface area contributed by atoms with Crippen molar-refractivity contribution in [2.24, 2.45) is 11.7 Å². The number of hydrogen-bond acceptors (Lipinski definition) is 4. The summed E-state index contributed by atoms with van der Waals surface area (Å²) in [4.78, 5) is 4.21. The molecule has 0 aromatic carbocycles. The molecule has 0 amide bonds. The second-order valence-electron chi connectivity index (χ2n) is 3.97. The van der Waals surface area contributed by atoms with Crippen LogP contribution < -0.4 is 5.73 Å².